The van der Waals surface area contributed by atoms with E-state index in [4.69, 9.17) is 0 Å². The van der Waals surface area contributed by atoms with E-state index in [0.717, 1.165) is 17.7 Å². The van der Waals surface area contributed by atoms with E-state index in [1.165, 1.54) is 5.56 Å². The van der Waals surface area contributed by atoms with E-state index in [-0.39, 0.29) is 0 Å². The van der Waals surface area contributed by atoms with Gasteiger partial charge in [-0.25, -0.2) is 0 Å². The number of hydrogen-bond acceptors (Lipinski definition) is 2. The highest BCUT2D eigenvalue weighted by molar-refractivity contribution is 6.09. The van der Waals surface area contributed by atoms with Gasteiger partial charge in [-0.1, -0.05) is 33.8 Å². The lowest BCUT2D eigenvalue weighted by Crippen LogP contribution is -1.98. The van der Waals surface area contributed by atoms with Crippen LogP contribution in [0.4, 0.5) is 0 Å². The summed E-state index contributed by atoms with van der Waals surface area (Å²) >= 11 is 0. The molecule has 0 bridgehead atoms. The van der Waals surface area contributed by atoms with Crippen molar-refractivity contribution in [2.24, 2.45) is 10.9 Å². The fraction of sp³-hybridized carbons (Fsp3) is 0.500. The summed E-state index contributed by atoms with van der Waals surface area (Å²) < 4.78 is 0. The maximum atomic E-state index is 4.47. The largest absolute Gasteiger partial charge is 0.296 e. The number of pyridine rings is 1. The average molecular weight is 244 g/mol. The third kappa shape index (κ3) is 4.10. The zero-order chi connectivity index (χ0) is 13.5. The van der Waals surface area contributed by atoms with Gasteiger partial charge >= 0.3 is 0 Å². The van der Waals surface area contributed by atoms with Crippen LogP contribution in [0.1, 0.15) is 51.3 Å². The van der Waals surface area contributed by atoms with Crippen LogP contribution in [0.5, 0.6) is 0 Å². The van der Waals surface area contributed by atoms with Crippen LogP contribution >= 0.6 is 0 Å². The van der Waals surface area contributed by atoms with Gasteiger partial charge in [0, 0.05) is 25.0 Å². The van der Waals surface area contributed by atoms with Crippen molar-refractivity contribution in [1.82, 2.24) is 4.98 Å². The van der Waals surface area contributed by atoms with Crippen LogP contribution in [-0.4, -0.2) is 18.2 Å². The molecule has 0 radical (unpaired) electrons. The van der Waals surface area contributed by atoms with Gasteiger partial charge in [0.05, 0.1) is 5.69 Å². The molecule has 0 fully saturated rings. The molecule has 2 heteroatoms. The van der Waals surface area contributed by atoms with E-state index in [9.17, 15) is 0 Å². The normalized spacial score (nSPS) is 14.4. The number of allylic oxidation sites excluding steroid dienone is 2. The standard InChI is InChI=1S/C16H24N2/c1-6-13(4)14-7-8-18-16(10-14)15(11-17-5)9-12(2)3/h7-13H,6H2,1-5H3/b15-9+,17-11?. The van der Waals surface area contributed by atoms with Crippen molar-refractivity contribution < 1.29 is 0 Å². The molecule has 0 N–H and O–H groups in total. The fourth-order valence-corrected chi connectivity index (χ4v) is 1.84. The zero-order valence-electron chi connectivity index (χ0n) is 12.1. The van der Waals surface area contributed by atoms with Crippen LogP contribution < -0.4 is 0 Å². The molecule has 1 rings (SSSR count). The third-order valence-electron chi connectivity index (χ3n) is 3.04. The van der Waals surface area contributed by atoms with Gasteiger partial charge < -0.3 is 0 Å². The van der Waals surface area contributed by atoms with Crippen LogP contribution in [-0.2, 0) is 0 Å². The Kier molecular flexibility index (Phi) is 5.76. The van der Waals surface area contributed by atoms with Gasteiger partial charge in [-0.15, -0.1) is 0 Å². The minimum Gasteiger partial charge on any atom is -0.296 e. The molecule has 1 unspecified atom stereocenters. The summed E-state index contributed by atoms with van der Waals surface area (Å²) in [5.74, 6) is 1.07. The Balaban J connectivity index is 3.13. The topological polar surface area (TPSA) is 25.2 Å². The molecule has 98 valence electrons. The predicted octanol–water partition coefficient (Wildman–Crippen LogP) is 4.34. The molecule has 2 nitrogen and oxygen atoms in total. The molecule has 0 saturated heterocycles. The minimum atomic E-state index is 0.493. The van der Waals surface area contributed by atoms with Crippen molar-refractivity contribution >= 4 is 11.8 Å². The highest BCUT2D eigenvalue weighted by Crippen LogP contribution is 2.21. The first kappa shape index (κ1) is 14.6. The third-order valence-corrected chi connectivity index (χ3v) is 3.04. The summed E-state index contributed by atoms with van der Waals surface area (Å²) in [7, 11) is 1.80. The molecule has 0 amide bonds. The molecule has 0 spiro atoms. The SMILES string of the molecule is CCC(C)c1ccnc(/C(C=NC)=C/C(C)C)c1. The minimum absolute atomic E-state index is 0.493. The second kappa shape index (κ2) is 7.10. The summed E-state index contributed by atoms with van der Waals surface area (Å²) in [6.07, 6.45) is 7.14. The van der Waals surface area contributed by atoms with Crippen LogP contribution in [0.2, 0.25) is 0 Å². The quantitative estimate of drug-likeness (QED) is 0.707. The second-order valence-corrected chi connectivity index (χ2v) is 5.04. The lowest BCUT2D eigenvalue weighted by atomic mass is 9.97. The van der Waals surface area contributed by atoms with Crippen LogP contribution in [0.15, 0.2) is 29.4 Å². The van der Waals surface area contributed by atoms with Gasteiger partial charge in [-0.3, -0.25) is 9.98 Å². The first-order chi connectivity index (χ1) is 8.58. The number of aliphatic imine (C=N–C) groups is 1. The van der Waals surface area contributed by atoms with Gasteiger partial charge in [0.15, 0.2) is 0 Å². The molecule has 18 heavy (non-hydrogen) atoms. The Morgan fingerprint density at radius 2 is 2.11 bits per heavy atom. The number of hydrogen-bond donors (Lipinski definition) is 0. The van der Waals surface area contributed by atoms with Gasteiger partial charge in [0.2, 0.25) is 0 Å². The molecule has 0 aromatic carbocycles. The first-order valence-corrected chi connectivity index (χ1v) is 6.68. The Morgan fingerprint density at radius 1 is 1.39 bits per heavy atom. The van der Waals surface area contributed by atoms with Crippen molar-refractivity contribution in [1.29, 1.82) is 0 Å². The lowest BCUT2D eigenvalue weighted by Gasteiger charge is -2.11. The fourth-order valence-electron chi connectivity index (χ4n) is 1.84. The Hall–Kier alpha value is -1.44. The molecule has 1 aromatic heterocycles. The summed E-state index contributed by atoms with van der Waals surface area (Å²) in [5, 5.41) is 0. The molecule has 0 aliphatic carbocycles. The molecular weight excluding hydrogens is 220 g/mol. The van der Waals surface area contributed by atoms with Gasteiger partial charge in [0.1, 0.15) is 0 Å². The van der Waals surface area contributed by atoms with Crippen molar-refractivity contribution in [3.8, 4) is 0 Å². The molecule has 0 saturated carbocycles. The number of nitrogens with zero attached hydrogens (tertiary/aromatic N) is 2. The van der Waals surface area contributed by atoms with E-state index in [0.29, 0.717) is 11.8 Å². The van der Waals surface area contributed by atoms with E-state index < -0.39 is 0 Å². The van der Waals surface area contributed by atoms with Crippen molar-refractivity contribution in [3.63, 3.8) is 0 Å². The van der Waals surface area contributed by atoms with Crippen molar-refractivity contribution in [3.05, 3.63) is 35.7 Å². The van der Waals surface area contributed by atoms with E-state index in [1.807, 2.05) is 12.4 Å². The summed E-state index contributed by atoms with van der Waals surface area (Å²) in [6.45, 7) is 8.80. The maximum Gasteiger partial charge on any atom is 0.0716 e. The van der Waals surface area contributed by atoms with E-state index in [2.05, 4.69) is 55.9 Å². The Morgan fingerprint density at radius 3 is 2.67 bits per heavy atom. The first-order valence-electron chi connectivity index (χ1n) is 6.68. The summed E-state index contributed by atoms with van der Waals surface area (Å²) in [5.41, 5.74) is 3.48. The van der Waals surface area contributed by atoms with Crippen LogP contribution in [0.3, 0.4) is 0 Å². The molecular formula is C16H24N2. The van der Waals surface area contributed by atoms with Crippen LogP contribution in [0, 0.1) is 5.92 Å². The lowest BCUT2D eigenvalue weighted by molar-refractivity contribution is 0.731. The monoisotopic (exact) mass is 244 g/mol. The van der Waals surface area contributed by atoms with Crippen molar-refractivity contribution in [2.45, 2.75) is 40.0 Å². The molecule has 1 atom stereocenters. The Bertz CT molecular complexity index is 430. The highest BCUT2D eigenvalue weighted by Gasteiger charge is 2.07. The second-order valence-electron chi connectivity index (χ2n) is 5.04. The smallest absolute Gasteiger partial charge is 0.0716 e. The average Bonchev–Trinajstić information content (AvgIpc) is 2.37. The summed E-state index contributed by atoms with van der Waals surface area (Å²) in [4.78, 5) is 8.60. The molecule has 1 aromatic rings. The molecule has 1 heterocycles. The van der Waals surface area contributed by atoms with Crippen molar-refractivity contribution in [2.75, 3.05) is 7.05 Å². The van der Waals surface area contributed by atoms with Gasteiger partial charge in [-0.05, 0) is 36.0 Å². The zero-order valence-corrected chi connectivity index (χ0v) is 12.1. The van der Waals surface area contributed by atoms with Gasteiger partial charge in [0.25, 0.3) is 0 Å². The number of aromatic nitrogens is 1. The maximum absolute atomic E-state index is 4.47. The van der Waals surface area contributed by atoms with E-state index >= 15 is 0 Å². The predicted molar refractivity (Wildman–Crippen MR) is 80.2 cm³/mol. The molecule has 0 aliphatic rings. The highest BCUT2D eigenvalue weighted by atomic mass is 14.7. The Labute approximate surface area is 111 Å². The summed E-state index contributed by atoms with van der Waals surface area (Å²) in [6, 6.07) is 4.29. The van der Waals surface area contributed by atoms with E-state index in [1.54, 1.807) is 7.05 Å². The molecule has 0 aliphatic heterocycles. The van der Waals surface area contributed by atoms with Gasteiger partial charge in [-0.2, -0.15) is 0 Å². The van der Waals surface area contributed by atoms with Crippen LogP contribution in [0.25, 0.3) is 5.57 Å². The number of rotatable bonds is 5.